The molecular formula is C6H20OSiY. The van der Waals surface area contributed by atoms with Gasteiger partial charge in [-0.05, 0) is 0 Å². The molecule has 0 atom stereocenters. The fourth-order valence-electron chi connectivity index (χ4n) is 0. The predicted molar refractivity (Wildman–Crippen MR) is 43.9 cm³/mol. The summed E-state index contributed by atoms with van der Waals surface area (Å²) >= 11 is 0. The van der Waals surface area contributed by atoms with E-state index in [4.69, 9.17) is 5.11 Å². The van der Waals surface area contributed by atoms with Gasteiger partial charge in [0, 0.05) is 38.9 Å². The summed E-state index contributed by atoms with van der Waals surface area (Å²) in [5.41, 5.74) is 0. The maximum atomic E-state index is 8.46. The molecule has 0 aromatic rings. The van der Waals surface area contributed by atoms with Gasteiger partial charge in [0.05, 0.1) is 8.07 Å². The Morgan fingerprint density at radius 3 is 1.22 bits per heavy atom. The molecule has 0 aliphatic heterocycles. The molecular weight excluding hydrogens is 205 g/mol. The molecule has 0 fully saturated rings. The molecule has 0 spiro atoms. The first-order chi connectivity index (χ1) is 2.56. The first kappa shape index (κ1) is 22.4. The van der Waals surface area contributed by atoms with Crippen LogP contribution in [0.25, 0.3) is 0 Å². The second-order valence-electron chi connectivity index (χ2n) is 2.72. The zero-order chi connectivity index (χ0) is 5.21. The van der Waals surface area contributed by atoms with Crippen LogP contribution in [0.5, 0.6) is 0 Å². The summed E-state index contributed by atoms with van der Waals surface area (Å²) in [5.74, 6) is 0. The number of hydrogen-bond donors (Lipinski definition) is 1. The van der Waals surface area contributed by atoms with Crippen LogP contribution in [0.15, 0.2) is 0 Å². The van der Waals surface area contributed by atoms with E-state index in [1.807, 2.05) is 0 Å². The molecule has 0 heterocycles. The summed E-state index contributed by atoms with van der Waals surface area (Å²) < 4.78 is 0. The van der Waals surface area contributed by atoms with Gasteiger partial charge in [-0.1, -0.05) is 34.5 Å². The largest absolute Gasteiger partial charge is 0.400 e. The van der Waals surface area contributed by atoms with Crippen molar-refractivity contribution < 1.29 is 37.8 Å². The molecule has 0 amide bonds. The Balaban J connectivity index is -0.0000000417. The minimum absolute atomic E-state index is 0. The fraction of sp³-hybridized carbons (Fsp3) is 1.00. The second-order valence-corrected chi connectivity index (χ2v) is 8.16. The molecule has 0 aliphatic rings. The molecule has 0 saturated heterocycles. The van der Waals surface area contributed by atoms with Crippen molar-refractivity contribution in [1.29, 1.82) is 0 Å². The summed E-state index contributed by atoms with van der Waals surface area (Å²) in [6.45, 7) is 6.40. The van der Waals surface area contributed by atoms with Gasteiger partial charge in [-0.25, -0.2) is 0 Å². The molecule has 1 radical (unpaired) electrons. The van der Waals surface area contributed by atoms with Crippen LogP contribution < -0.4 is 0 Å². The second kappa shape index (κ2) is 9.28. The van der Waals surface area contributed by atoms with E-state index in [-0.39, 0.29) is 47.6 Å². The molecule has 0 aromatic carbocycles. The molecule has 1 N–H and O–H groups in total. The number of rotatable bonds is 1. The Kier molecular flexibility index (Phi) is 23.1. The van der Waals surface area contributed by atoms with Gasteiger partial charge in [-0.2, -0.15) is 0 Å². The average molecular weight is 225 g/mol. The zero-order valence-electron chi connectivity index (χ0n) is 5.23. The summed E-state index contributed by atoms with van der Waals surface area (Å²) in [7, 11) is -1.08. The first-order valence-electron chi connectivity index (χ1n) is 2.17. The van der Waals surface area contributed by atoms with Crippen molar-refractivity contribution in [2.24, 2.45) is 0 Å². The Morgan fingerprint density at radius 2 is 1.22 bits per heavy atom. The van der Waals surface area contributed by atoms with E-state index in [1.165, 1.54) is 0 Å². The topological polar surface area (TPSA) is 20.2 Å². The predicted octanol–water partition coefficient (Wildman–Crippen LogP) is 2.13. The van der Waals surface area contributed by atoms with Gasteiger partial charge in [0.15, 0.2) is 0 Å². The van der Waals surface area contributed by atoms with Crippen LogP contribution in [0.2, 0.25) is 19.6 Å². The van der Waals surface area contributed by atoms with Gasteiger partial charge in [-0.15, -0.1) is 0 Å². The quantitative estimate of drug-likeness (QED) is 0.678. The molecule has 1 nitrogen and oxygen atoms in total. The SMILES string of the molecule is C.C.C[Si](C)(C)CO.[Y]. The summed E-state index contributed by atoms with van der Waals surface area (Å²) in [5, 5.41) is 8.46. The maximum absolute atomic E-state index is 8.46. The Labute approximate surface area is 86.1 Å². The molecule has 3 heteroatoms. The minimum Gasteiger partial charge on any atom is -0.400 e. The minimum atomic E-state index is -1.08. The van der Waals surface area contributed by atoms with Crippen molar-refractivity contribution in [2.45, 2.75) is 34.5 Å². The first-order valence-corrected chi connectivity index (χ1v) is 5.88. The van der Waals surface area contributed by atoms with E-state index in [9.17, 15) is 0 Å². The van der Waals surface area contributed by atoms with E-state index in [2.05, 4.69) is 19.6 Å². The third-order valence-corrected chi connectivity index (χ3v) is 1.42. The number of aliphatic hydroxyl groups excluding tert-OH is 1. The van der Waals surface area contributed by atoms with E-state index >= 15 is 0 Å². The van der Waals surface area contributed by atoms with Crippen LogP contribution in [-0.4, -0.2) is 19.4 Å². The zero-order valence-corrected chi connectivity index (χ0v) is 9.07. The third kappa shape index (κ3) is 26.8. The molecule has 0 bridgehead atoms. The van der Waals surface area contributed by atoms with Crippen LogP contribution >= 0.6 is 0 Å². The Morgan fingerprint density at radius 1 is 1.11 bits per heavy atom. The van der Waals surface area contributed by atoms with E-state index in [0.29, 0.717) is 6.23 Å². The van der Waals surface area contributed by atoms with Crippen molar-refractivity contribution in [2.75, 3.05) is 6.23 Å². The van der Waals surface area contributed by atoms with E-state index < -0.39 is 8.07 Å². The molecule has 0 aromatic heterocycles. The Hall–Kier alpha value is 1.28. The van der Waals surface area contributed by atoms with Gasteiger partial charge in [0.25, 0.3) is 0 Å². The van der Waals surface area contributed by atoms with Crippen molar-refractivity contribution in [3.63, 3.8) is 0 Å². The van der Waals surface area contributed by atoms with Gasteiger partial charge < -0.3 is 5.11 Å². The van der Waals surface area contributed by atoms with Crippen LogP contribution in [0, 0.1) is 0 Å². The maximum Gasteiger partial charge on any atom is 0.0742 e. The molecule has 0 unspecified atom stereocenters. The van der Waals surface area contributed by atoms with Crippen LogP contribution in [0.3, 0.4) is 0 Å². The van der Waals surface area contributed by atoms with Gasteiger partial charge in [-0.3, -0.25) is 0 Å². The molecule has 57 valence electrons. The molecule has 9 heavy (non-hydrogen) atoms. The molecule has 0 rings (SSSR count). The third-order valence-electron chi connectivity index (χ3n) is 0.474. The van der Waals surface area contributed by atoms with Gasteiger partial charge >= 0.3 is 0 Å². The Bertz CT molecular complexity index is 42.8. The average Bonchev–Trinajstić information content (AvgIpc) is 1.35. The number of hydrogen-bond acceptors (Lipinski definition) is 1. The van der Waals surface area contributed by atoms with Gasteiger partial charge in [0.1, 0.15) is 0 Å². The van der Waals surface area contributed by atoms with Crippen LogP contribution in [0.1, 0.15) is 14.9 Å². The van der Waals surface area contributed by atoms with Gasteiger partial charge in [0.2, 0.25) is 0 Å². The van der Waals surface area contributed by atoms with Crippen molar-refractivity contribution in [1.82, 2.24) is 0 Å². The molecule has 0 saturated carbocycles. The van der Waals surface area contributed by atoms with Crippen molar-refractivity contribution in [3.05, 3.63) is 0 Å². The summed E-state index contributed by atoms with van der Waals surface area (Å²) in [6, 6.07) is 0. The molecule has 0 aliphatic carbocycles. The van der Waals surface area contributed by atoms with Crippen LogP contribution in [0.4, 0.5) is 0 Å². The van der Waals surface area contributed by atoms with Crippen molar-refractivity contribution >= 4 is 8.07 Å². The normalized spacial score (nSPS) is 8.00. The summed E-state index contributed by atoms with van der Waals surface area (Å²) in [6.07, 6.45) is 0.410. The summed E-state index contributed by atoms with van der Waals surface area (Å²) in [4.78, 5) is 0. The van der Waals surface area contributed by atoms with E-state index in [0.717, 1.165) is 0 Å². The monoisotopic (exact) mass is 225 g/mol. The smallest absolute Gasteiger partial charge is 0.0742 e. The van der Waals surface area contributed by atoms with E-state index in [1.54, 1.807) is 0 Å². The fourth-order valence-corrected chi connectivity index (χ4v) is 0. The number of aliphatic hydroxyl groups is 1. The van der Waals surface area contributed by atoms with Crippen molar-refractivity contribution in [3.8, 4) is 0 Å². The standard InChI is InChI=1S/C4H12OSi.2CH4.Y/c1-6(2,3)4-5;;;/h5H,4H2,1-3H3;2*1H4;. The van der Waals surface area contributed by atoms with Crippen LogP contribution in [-0.2, 0) is 32.7 Å².